The van der Waals surface area contributed by atoms with E-state index in [2.05, 4.69) is 30.7 Å². The van der Waals surface area contributed by atoms with E-state index in [1.807, 2.05) is 11.8 Å². The van der Waals surface area contributed by atoms with Gasteiger partial charge in [0.2, 0.25) is 0 Å². The van der Waals surface area contributed by atoms with Crippen molar-refractivity contribution in [2.45, 2.75) is 38.7 Å². The van der Waals surface area contributed by atoms with Crippen LogP contribution in [0.2, 0.25) is 5.15 Å². The van der Waals surface area contributed by atoms with Crippen molar-refractivity contribution in [2.75, 3.05) is 0 Å². The first-order valence-corrected chi connectivity index (χ1v) is 6.61. The van der Waals surface area contributed by atoms with Gasteiger partial charge in [-0.3, -0.25) is 0 Å². The second-order valence-electron chi connectivity index (χ2n) is 5.09. The van der Waals surface area contributed by atoms with E-state index in [1.54, 1.807) is 0 Å². The van der Waals surface area contributed by atoms with Gasteiger partial charge in [-0.05, 0) is 5.41 Å². The maximum atomic E-state index is 6.14. The van der Waals surface area contributed by atoms with E-state index in [-0.39, 0.29) is 5.41 Å². The molecular formula is C11H15ClN2S. The van der Waals surface area contributed by atoms with Crippen LogP contribution in [0.4, 0.5) is 0 Å². The molecule has 0 N–H and O–H groups in total. The van der Waals surface area contributed by atoms with Crippen molar-refractivity contribution in [3.05, 3.63) is 22.2 Å². The average molecular weight is 243 g/mol. The highest BCUT2D eigenvalue weighted by atomic mass is 35.5. The summed E-state index contributed by atoms with van der Waals surface area (Å²) in [5.41, 5.74) is 2.49. The molecule has 2 heterocycles. The Labute approximate surface area is 99.8 Å². The van der Waals surface area contributed by atoms with Crippen LogP contribution in [0.15, 0.2) is 0 Å². The zero-order chi connectivity index (χ0) is 11.1. The minimum atomic E-state index is 0.212. The number of nitrogens with zero attached hydrogens (tertiary/aromatic N) is 2. The molecule has 2 nitrogen and oxygen atoms in total. The van der Waals surface area contributed by atoms with E-state index >= 15 is 0 Å². The minimum Gasteiger partial charge on any atom is -0.237 e. The van der Waals surface area contributed by atoms with Gasteiger partial charge in [0.15, 0.2) is 0 Å². The highest BCUT2D eigenvalue weighted by molar-refractivity contribution is 7.98. The third kappa shape index (κ3) is 2.64. The van der Waals surface area contributed by atoms with E-state index in [4.69, 9.17) is 11.6 Å². The molecule has 0 saturated heterocycles. The first-order valence-electron chi connectivity index (χ1n) is 5.07. The van der Waals surface area contributed by atoms with Crippen LogP contribution in [0.1, 0.15) is 37.9 Å². The molecule has 15 heavy (non-hydrogen) atoms. The van der Waals surface area contributed by atoms with Crippen molar-refractivity contribution in [1.82, 2.24) is 9.97 Å². The molecule has 82 valence electrons. The first kappa shape index (κ1) is 11.2. The molecule has 0 bridgehead atoms. The third-order valence-corrected chi connectivity index (χ3v) is 3.55. The molecular weight excluding hydrogens is 228 g/mol. The second kappa shape index (κ2) is 3.95. The SMILES string of the molecule is CC(C)(C)Cc1nc(Cl)c2c(n1)CSC2. The lowest BCUT2D eigenvalue weighted by Gasteiger charge is -2.17. The summed E-state index contributed by atoms with van der Waals surface area (Å²) in [5, 5.41) is 0.657. The van der Waals surface area contributed by atoms with Crippen LogP contribution in [-0.4, -0.2) is 9.97 Å². The lowest BCUT2D eigenvalue weighted by atomic mass is 9.92. The fourth-order valence-electron chi connectivity index (χ4n) is 1.61. The van der Waals surface area contributed by atoms with E-state index in [0.29, 0.717) is 5.15 Å². The van der Waals surface area contributed by atoms with Gasteiger partial charge in [-0.15, -0.1) is 0 Å². The number of hydrogen-bond donors (Lipinski definition) is 0. The molecule has 0 amide bonds. The van der Waals surface area contributed by atoms with Crippen LogP contribution in [0.25, 0.3) is 0 Å². The zero-order valence-corrected chi connectivity index (χ0v) is 10.9. The Morgan fingerprint density at radius 3 is 2.67 bits per heavy atom. The normalized spacial score (nSPS) is 15.5. The maximum absolute atomic E-state index is 6.14. The predicted octanol–water partition coefficient (Wildman–Crippen LogP) is 3.47. The molecule has 0 atom stereocenters. The number of thioether (sulfide) groups is 1. The zero-order valence-electron chi connectivity index (χ0n) is 9.30. The van der Waals surface area contributed by atoms with Crippen LogP contribution < -0.4 is 0 Å². The fourth-order valence-corrected chi connectivity index (χ4v) is 3.01. The number of hydrogen-bond acceptors (Lipinski definition) is 3. The van der Waals surface area contributed by atoms with Gasteiger partial charge >= 0.3 is 0 Å². The molecule has 0 fully saturated rings. The van der Waals surface area contributed by atoms with Crippen molar-refractivity contribution in [3.63, 3.8) is 0 Å². The maximum Gasteiger partial charge on any atom is 0.137 e. The summed E-state index contributed by atoms with van der Waals surface area (Å²) in [5.74, 6) is 2.83. The Balaban J connectivity index is 2.32. The van der Waals surface area contributed by atoms with Gasteiger partial charge in [0.25, 0.3) is 0 Å². The summed E-state index contributed by atoms with van der Waals surface area (Å²) in [6.45, 7) is 6.56. The van der Waals surface area contributed by atoms with Crippen molar-refractivity contribution in [3.8, 4) is 0 Å². The van der Waals surface area contributed by atoms with E-state index in [9.17, 15) is 0 Å². The largest absolute Gasteiger partial charge is 0.237 e. The Morgan fingerprint density at radius 2 is 2.00 bits per heavy atom. The molecule has 0 radical (unpaired) electrons. The molecule has 0 aliphatic carbocycles. The molecule has 1 aliphatic rings. The van der Waals surface area contributed by atoms with Crippen molar-refractivity contribution >= 4 is 23.4 Å². The Hall–Kier alpha value is -0.280. The van der Waals surface area contributed by atoms with Crippen molar-refractivity contribution < 1.29 is 0 Å². The molecule has 0 unspecified atom stereocenters. The van der Waals surface area contributed by atoms with Gasteiger partial charge in [-0.25, -0.2) is 9.97 Å². The van der Waals surface area contributed by atoms with Crippen LogP contribution >= 0.6 is 23.4 Å². The van der Waals surface area contributed by atoms with Gasteiger partial charge in [0.1, 0.15) is 11.0 Å². The van der Waals surface area contributed by atoms with Gasteiger partial charge in [-0.1, -0.05) is 32.4 Å². The predicted molar refractivity (Wildman–Crippen MR) is 65.2 cm³/mol. The highest BCUT2D eigenvalue weighted by Gasteiger charge is 2.21. The second-order valence-corrected chi connectivity index (χ2v) is 6.43. The number of halogens is 1. The van der Waals surface area contributed by atoms with Crippen LogP contribution in [0, 0.1) is 5.41 Å². The molecule has 1 aromatic rings. The minimum absolute atomic E-state index is 0.212. The van der Waals surface area contributed by atoms with E-state index in [1.165, 1.54) is 0 Å². The Bertz CT molecular complexity index is 385. The fraction of sp³-hybridized carbons (Fsp3) is 0.636. The average Bonchev–Trinajstić information content (AvgIpc) is 2.48. The topological polar surface area (TPSA) is 25.8 Å². The number of fused-ring (bicyclic) bond motifs is 1. The van der Waals surface area contributed by atoms with Crippen molar-refractivity contribution in [2.24, 2.45) is 5.41 Å². The van der Waals surface area contributed by atoms with E-state index < -0.39 is 0 Å². The summed E-state index contributed by atoms with van der Waals surface area (Å²) in [6.07, 6.45) is 0.880. The standard InChI is InChI=1S/C11H15ClN2S/c1-11(2,3)4-9-13-8-6-15-5-7(8)10(12)14-9/h4-6H2,1-3H3. The van der Waals surface area contributed by atoms with E-state index in [0.717, 1.165) is 35.0 Å². The quantitative estimate of drug-likeness (QED) is 0.706. The van der Waals surface area contributed by atoms with Gasteiger partial charge in [0.05, 0.1) is 5.69 Å². The highest BCUT2D eigenvalue weighted by Crippen LogP contribution is 2.33. The Morgan fingerprint density at radius 1 is 1.27 bits per heavy atom. The van der Waals surface area contributed by atoms with Crippen LogP contribution in [0.5, 0.6) is 0 Å². The molecule has 2 rings (SSSR count). The summed E-state index contributed by atoms with van der Waals surface area (Å²) in [4.78, 5) is 8.95. The number of rotatable bonds is 1. The third-order valence-electron chi connectivity index (χ3n) is 2.26. The lowest BCUT2D eigenvalue weighted by molar-refractivity contribution is 0.400. The molecule has 0 aromatic carbocycles. The summed E-state index contributed by atoms with van der Waals surface area (Å²) in [7, 11) is 0. The summed E-state index contributed by atoms with van der Waals surface area (Å²) < 4.78 is 0. The monoisotopic (exact) mass is 242 g/mol. The molecule has 4 heteroatoms. The number of aromatic nitrogens is 2. The van der Waals surface area contributed by atoms with Crippen LogP contribution in [0.3, 0.4) is 0 Å². The van der Waals surface area contributed by atoms with Gasteiger partial charge < -0.3 is 0 Å². The Kier molecular flexibility index (Phi) is 2.95. The van der Waals surface area contributed by atoms with Gasteiger partial charge in [0, 0.05) is 23.5 Å². The summed E-state index contributed by atoms with van der Waals surface area (Å²) in [6, 6.07) is 0. The first-order chi connectivity index (χ1) is 6.96. The summed E-state index contributed by atoms with van der Waals surface area (Å²) >= 11 is 8.00. The van der Waals surface area contributed by atoms with Crippen LogP contribution in [-0.2, 0) is 17.9 Å². The lowest BCUT2D eigenvalue weighted by Crippen LogP contribution is -2.13. The smallest absolute Gasteiger partial charge is 0.137 e. The molecule has 0 saturated carbocycles. The van der Waals surface area contributed by atoms with Crippen molar-refractivity contribution in [1.29, 1.82) is 0 Å². The molecule has 1 aromatic heterocycles. The molecule has 0 spiro atoms. The van der Waals surface area contributed by atoms with Gasteiger partial charge in [-0.2, -0.15) is 11.8 Å². The molecule has 1 aliphatic heterocycles.